The fraction of sp³-hybridized carbons (Fsp3) is 0.556. The zero-order valence-corrected chi connectivity index (χ0v) is 9.13. The monoisotopic (exact) mass is 213 g/mol. The number of rotatable bonds is 5. The molecule has 78 valence electrons. The van der Waals surface area contributed by atoms with Crippen LogP contribution in [0.4, 0.5) is 0 Å². The zero-order valence-electron chi connectivity index (χ0n) is 8.23. The molecular formula is C9H15N3OS. The van der Waals surface area contributed by atoms with Crippen LogP contribution >= 0.6 is 12.6 Å². The number of nitrogens with zero attached hydrogens (tertiary/aromatic N) is 2. The first-order chi connectivity index (χ1) is 6.74. The molecule has 0 aliphatic carbocycles. The van der Waals surface area contributed by atoms with E-state index < -0.39 is 0 Å². The van der Waals surface area contributed by atoms with Crippen molar-refractivity contribution in [2.45, 2.75) is 19.9 Å². The van der Waals surface area contributed by atoms with Crippen molar-refractivity contribution in [1.29, 1.82) is 0 Å². The second-order valence-corrected chi connectivity index (χ2v) is 3.47. The molecule has 1 rings (SSSR count). The van der Waals surface area contributed by atoms with Crippen molar-refractivity contribution in [2.75, 3.05) is 12.3 Å². The summed E-state index contributed by atoms with van der Waals surface area (Å²) in [5.41, 5.74) is 1.08. The van der Waals surface area contributed by atoms with Gasteiger partial charge in [-0.2, -0.15) is 17.7 Å². The number of thiol groups is 1. The summed E-state index contributed by atoms with van der Waals surface area (Å²) in [6.45, 7) is 3.23. The van der Waals surface area contributed by atoms with Gasteiger partial charge in [0.2, 0.25) is 5.91 Å². The average Bonchev–Trinajstić information content (AvgIpc) is 2.58. The van der Waals surface area contributed by atoms with Gasteiger partial charge in [0.05, 0.1) is 0 Å². The van der Waals surface area contributed by atoms with E-state index in [0.29, 0.717) is 25.3 Å². The van der Waals surface area contributed by atoms with Crippen LogP contribution < -0.4 is 5.32 Å². The molecule has 0 fully saturated rings. The second-order valence-electron chi connectivity index (χ2n) is 3.02. The van der Waals surface area contributed by atoms with Crippen molar-refractivity contribution in [2.24, 2.45) is 0 Å². The number of aromatic nitrogens is 2. The number of amides is 1. The summed E-state index contributed by atoms with van der Waals surface area (Å²) in [5.74, 6) is 0.723. The quantitative estimate of drug-likeness (QED) is 0.705. The third-order valence-corrected chi connectivity index (χ3v) is 2.14. The van der Waals surface area contributed by atoms with Crippen molar-refractivity contribution in [3.63, 3.8) is 0 Å². The SMILES string of the molecule is Cc1ccnn1CCC(=O)NCCS. The summed E-state index contributed by atoms with van der Waals surface area (Å²) in [6, 6.07) is 1.92. The van der Waals surface area contributed by atoms with Crippen molar-refractivity contribution >= 4 is 18.5 Å². The van der Waals surface area contributed by atoms with Crippen LogP contribution in [0.5, 0.6) is 0 Å². The summed E-state index contributed by atoms with van der Waals surface area (Å²) in [5, 5.41) is 6.85. The topological polar surface area (TPSA) is 46.9 Å². The van der Waals surface area contributed by atoms with E-state index in [9.17, 15) is 4.79 Å². The molecule has 1 N–H and O–H groups in total. The minimum Gasteiger partial charge on any atom is -0.355 e. The molecule has 5 heteroatoms. The zero-order chi connectivity index (χ0) is 10.4. The van der Waals surface area contributed by atoms with Crippen LogP contribution in [0.15, 0.2) is 12.3 Å². The Balaban J connectivity index is 2.27. The Labute approximate surface area is 89.1 Å². The van der Waals surface area contributed by atoms with E-state index in [1.165, 1.54) is 0 Å². The Kier molecular flexibility index (Phi) is 4.52. The van der Waals surface area contributed by atoms with Gasteiger partial charge in [0.15, 0.2) is 0 Å². The van der Waals surface area contributed by atoms with E-state index in [-0.39, 0.29) is 5.91 Å². The normalized spacial score (nSPS) is 10.1. The molecule has 0 atom stereocenters. The van der Waals surface area contributed by atoms with Gasteiger partial charge >= 0.3 is 0 Å². The molecule has 0 bridgehead atoms. The third-order valence-electron chi connectivity index (χ3n) is 1.91. The van der Waals surface area contributed by atoms with Gasteiger partial charge in [0.25, 0.3) is 0 Å². The first-order valence-electron chi connectivity index (χ1n) is 4.60. The summed E-state index contributed by atoms with van der Waals surface area (Å²) in [7, 11) is 0. The van der Waals surface area contributed by atoms with Gasteiger partial charge in [0.1, 0.15) is 0 Å². The Bertz CT molecular complexity index is 298. The maximum absolute atomic E-state index is 11.2. The van der Waals surface area contributed by atoms with E-state index >= 15 is 0 Å². The minimum absolute atomic E-state index is 0.0500. The summed E-state index contributed by atoms with van der Waals surface area (Å²) < 4.78 is 1.82. The van der Waals surface area contributed by atoms with Gasteiger partial charge in [-0.05, 0) is 13.0 Å². The maximum atomic E-state index is 11.2. The largest absolute Gasteiger partial charge is 0.355 e. The molecule has 0 aliphatic rings. The Morgan fingerprint density at radius 2 is 2.50 bits per heavy atom. The third kappa shape index (κ3) is 3.41. The molecule has 1 aromatic rings. The molecule has 0 saturated carbocycles. The molecule has 0 aromatic carbocycles. The van der Waals surface area contributed by atoms with Crippen LogP contribution in [0, 0.1) is 6.92 Å². The highest BCUT2D eigenvalue weighted by Crippen LogP contribution is 1.97. The van der Waals surface area contributed by atoms with Gasteiger partial charge in [-0.1, -0.05) is 0 Å². The highest BCUT2D eigenvalue weighted by Gasteiger charge is 2.02. The fourth-order valence-electron chi connectivity index (χ4n) is 1.12. The molecule has 0 radical (unpaired) electrons. The molecule has 4 nitrogen and oxygen atoms in total. The van der Waals surface area contributed by atoms with Crippen LogP contribution in [-0.4, -0.2) is 28.0 Å². The second kappa shape index (κ2) is 5.70. The molecular weight excluding hydrogens is 198 g/mol. The van der Waals surface area contributed by atoms with Gasteiger partial charge in [-0.25, -0.2) is 0 Å². The fourth-order valence-corrected chi connectivity index (χ4v) is 1.24. The van der Waals surface area contributed by atoms with Crippen LogP contribution in [0.2, 0.25) is 0 Å². The lowest BCUT2D eigenvalue weighted by molar-refractivity contribution is -0.121. The van der Waals surface area contributed by atoms with E-state index in [2.05, 4.69) is 23.0 Å². The minimum atomic E-state index is 0.0500. The van der Waals surface area contributed by atoms with Crippen molar-refractivity contribution in [1.82, 2.24) is 15.1 Å². The number of hydrogen-bond acceptors (Lipinski definition) is 3. The van der Waals surface area contributed by atoms with E-state index in [0.717, 1.165) is 5.69 Å². The highest BCUT2D eigenvalue weighted by molar-refractivity contribution is 7.80. The summed E-state index contributed by atoms with van der Waals surface area (Å²) >= 11 is 4.01. The number of carbonyl (C=O) groups is 1. The summed E-state index contributed by atoms with van der Waals surface area (Å²) in [6.07, 6.45) is 2.21. The van der Waals surface area contributed by atoms with Gasteiger partial charge in [0, 0.05) is 37.2 Å². The standard InChI is InChI=1S/C9H15N3OS/c1-8-2-4-11-12(8)6-3-9(13)10-5-7-14/h2,4,14H,3,5-7H2,1H3,(H,10,13). The number of aryl methyl sites for hydroxylation is 2. The smallest absolute Gasteiger partial charge is 0.221 e. The Hall–Kier alpha value is -0.970. The van der Waals surface area contributed by atoms with Gasteiger partial charge < -0.3 is 5.32 Å². The maximum Gasteiger partial charge on any atom is 0.221 e. The van der Waals surface area contributed by atoms with Crippen LogP contribution in [0.3, 0.4) is 0 Å². The average molecular weight is 213 g/mol. The predicted octanol–water partition coefficient (Wildman–Crippen LogP) is 0.628. The molecule has 0 spiro atoms. The van der Waals surface area contributed by atoms with Crippen LogP contribution in [0.25, 0.3) is 0 Å². The first-order valence-corrected chi connectivity index (χ1v) is 5.23. The Morgan fingerprint density at radius 3 is 3.07 bits per heavy atom. The van der Waals surface area contributed by atoms with E-state index in [1.54, 1.807) is 6.20 Å². The first kappa shape index (κ1) is 11.1. The predicted molar refractivity (Wildman–Crippen MR) is 58.4 cm³/mol. The molecule has 14 heavy (non-hydrogen) atoms. The Morgan fingerprint density at radius 1 is 1.71 bits per heavy atom. The lowest BCUT2D eigenvalue weighted by atomic mass is 10.4. The lowest BCUT2D eigenvalue weighted by Crippen LogP contribution is -2.26. The molecule has 1 amide bonds. The van der Waals surface area contributed by atoms with Gasteiger partial charge in [-0.3, -0.25) is 9.48 Å². The number of nitrogens with one attached hydrogen (secondary N) is 1. The van der Waals surface area contributed by atoms with Gasteiger partial charge in [-0.15, -0.1) is 0 Å². The number of hydrogen-bond donors (Lipinski definition) is 2. The van der Waals surface area contributed by atoms with Crippen molar-refractivity contribution in [3.8, 4) is 0 Å². The molecule has 1 aromatic heterocycles. The molecule has 0 saturated heterocycles. The summed E-state index contributed by atoms with van der Waals surface area (Å²) in [4.78, 5) is 11.2. The number of carbonyl (C=O) groups excluding carboxylic acids is 1. The lowest BCUT2D eigenvalue weighted by Gasteiger charge is -2.04. The molecule has 1 heterocycles. The van der Waals surface area contributed by atoms with Crippen molar-refractivity contribution in [3.05, 3.63) is 18.0 Å². The van der Waals surface area contributed by atoms with Crippen LogP contribution in [0.1, 0.15) is 12.1 Å². The molecule has 0 aliphatic heterocycles. The van der Waals surface area contributed by atoms with E-state index in [4.69, 9.17) is 0 Å². The molecule has 0 unspecified atom stereocenters. The van der Waals surface area contributed by atoms with E-state index in [1.807, 2.05) is 17.7 Å². The highest BCUT2D eigenvalue weighted by atomic mass is 32.1. The van der Waals surface area contributed by atoms with Crippen molar-refractivity contribution < 1.29 is 4.79 Å². The van der Waals surface area contributed by atoms with Crippen LogP contribution in [-0.2, 0) is 11.3 Å².